The molecule has 5 unspecified atom stereocenters. The predicted octanol–water partition coefficient (Wildman–Crippen LogP) is 0.938. The van der Waals surface area contributed by atoms with Gasteiger partial charge in [0.25, 0.3) is 0 Å². The molecule has 4 aliphatic rings. The van der Waals surface area contributed by atoms with Crippen molar-refractivity contribution in [1.29, 1.82) is 0 Å². The zero-order valence-corrected chi connectivity index (χ0v) is 20.9. The summed E-state index contributed by atoms with van der Waals surface area (Å²) in [6.45, 7) is 0.769. The highest BCUT2D eigenvalue weighted by Gasteiger charge is 2.52. The largest absolute Gasteiger partial charge is 0.493 e. The zero-order chi connectivity index (χ0) is 26.1. The van der Waals surface area contributed by atoms with Gasteiger partial charge in [-0.1, -0.05) is 6.42 Å². The number of aldehydes is 1. The van der Waals surface area contributed by atoms with Crippen molar-refractivity contribution in [2.24, 2.45) is 5.92 Å². The van der Waals surface area contributed by atoms with Gasteiger partial charge in [0.1, 0.15) is 18.5 Å². The zero-order valence-electron chi connectivity index (χ0n) is 20.9. The Kier molecular flexibility index (Phi) is 7.50. The van der Waals surface area contributed by atoms with E-state index in [0.717, 1.165) is 32.1 Å². The summed E-state index contributed by atoms with van der Waals surface area (Å²) in [7, 11) is 1.46. The lowest BCUT2D eigenvalue weighted by Crippen LogP contribution is -2.58. The Bertz CT molecular complexity index is 1080. The second-order valence-corrected chi connectivity index (χ2v) is 10.2. The number of fused-ring (bicyclic) bond motifs is 3. The Morgan fingerprint density at radius 1 is 1.24 bits per heavy atom. The highest BCUT2D eigenvalue weighted by atomic mass is 16.5. The molecule has 0 bridgehead atoms. The summed E-state index contributed by atoms with van der Waals surface area (Å²) in [5, 5.41) is 23.6. The monoisotopic (exact) mass is 514 g/mol. The molecular formula is C27H34N2O8. The Morgan fingerprint density at radius 2 is 2.05 bits per heavy atom. The number of rotatable bonds is 9. The highest BCUT2D eigenvalue weighted by molar-refractivity contribution is 5.96. The smallest absolute Gasteiger partial charge is 0.247 e. The van der Waals surface area contributed by atoms with Gasteiger partial charge in [0.15, 0.2) is 11.5 Å². The van der Waals surface area contributed by atoms with Gasteiger partial charge in [-0.15, -0.1) is 0 Å². The number of hydrogen-bond acceptors (Lipinski definition) is 8. The molecule has 5 rings (SSSR count). The van der Waals surface area contributed by atoms with Crippen LogP contribution in [0.3, 0.4) is 0 Å². The molecule has 1 saturated carbocycles. The number of ether oxygens (including phenoxy) is 3. The Labute approximate surface area is 215 Å². The number of amides is 2. The second-order valence-electron chi connectivity index (χ2n) is 10.2. The van der Waals surface area contributed by atoms with Crippen molar-refractivity contribution in [1.82, 2.24) is 10.2 Å². The molecule has 2 amide bonds. The molecule has 0 radical (unpaired) electrons. The van der Waals surface area contributed by atoms with E-state index in [-0.39, 0.29) is 31.1 Å². The van der Waals surface area contributed by atoms with Gasteiger partial charge in [-0.25, -0.2) is 0 Å². The van der Waals surface area contributed by atoms with E-state index in [4.69, 9.17) is 14.2 Å². The van der Waals surface area contributed by atoms with Crippen LogP contribution in [-0.4, -0.2) is 91.0 Å². The van der Waals surface area contributed by atoms with Crippen molar-refractivity contribution in [2.45, 2.75) is 62.4 Å². The summed E-state index contributed by atoms with van der Waals surface area (Å²) in [5.41, 5.74) is 1.23. The molecular weight excluding hydrogens is 480 g/mol. The molecule has 0 aromatic heterocycles. The summed E-state index contributed by atoms with van der Waals surface area (Å²) in [6.07, 6.45) is 4.53. The van der Waals surface area contributed by atoms with Gasteiger partial charge in [0.05, 0.1) is 31.8 Å². The molecule has 1 aromatic carbocycles. The van der Waals surface area contributed by atoms with Crippen molar-refractivity contribution in [3.63, 3.8) is 0 Å². The molecule has 2 fully saturated rings. The Morgan fingerprint density at radius 3 is 2.68 bits per heavy atom. The van der Waals surface area contributed by atoms with Crippen LogP contribution in [0.2, 0.25) is 0 Å². The van der Waals surface area contributed by atoms with E-state index >= 15 is 0 Å². The average molecular weight is 515 g/mol. The van der Waals surface area contributed by atoms with Crippen LogP contribution in [0.25, 0.3) is 0 Å². The third-order valence-corrected chi connectivity index (χ3v) is 7.93. The molecule has 0 spiro atoms. The van der Waals surface area contributed by atoms with Gasteiger partial charge < -0.3 is 34.6 Å². The summed E-state index contributed by atoms with van der Waals surface area (Å²) >= 11 is 0. The van der Waals surface area contributed by atoms with Crippen molar-refractivity contribution in [3.8, 4) is 11.5 Å². The highest BCUT2D eigenvalue weighted by Crippen LogP contribution is 2.51. The summed E-state index contributed by atoms with van der Waals surface area (Å²) < 4.78 is 17.5. The average Bonchev–Trinajstić information content (AvgIpc) is 3.53. The minimum absolute atomic E-state index is 0.0484. The molecule has 2 aliphatic carbocycles. The number of benzene rings is 1. The van der Waals surface area contributed by atoms with E-state index < -0.39 is 30.1 Å². The van der Waals surface area contributed by atoms with Crippen molar-refractivity contribution >= 4 is 18.1 Å². The van der Waals surface area contributed by atoms with Crippen LogP contribution in [0, 0.1) is 5.92 Å². The minimum atomic E-state index is -1.14. The first kappa shape index (κ1) is 25.7. The van der Waals surface area contributed by atoms with Crippen molar-refractivity contribution in [2.75, 3.05) is 33.4 Å². The van der Waals surface area contributed by atoms with Crippen LogP contribution < -0.4 is 14.8 Å². The first-order valence-corrected chi connectivity index (χ1v) is 13.0. The van der Waals surface area contributed by atoms with Crippen LogP contribution in [0.4, 0.5) is 0 Å². The maximum atomic E-state index is 13.6. The van der Waals surface area contributed by atoms with Gasteiger partial charge in [0.2, 0.25) is 11.8 Å². The summed E-state index contributed by atoms with van der Waals surface area (Å²) in [4.78, 5) is 40.2. The summed E-state index contributed by atoms with van der Waals surface area (Å²) in [6, 6.07) is 2.38. The number of carbonyl (C=O) groups is 3. The van der Waals surface area contributed by atoms with E-state index in [1.54, 1.807) is 23.1 Å². The fourth-order valence-electron chi connectivity index (χ4n) is 5.81. The molecule has 3 N–H and O–H groups in total. The first-order chi connectivity index (χ1) is 18.0. The van der Waals surface area contributed by atoms with Gasteiger partial charge in [-0.05, 0) is 43.9 Å². The number of aliphatic hydroxyl groups is 2. The standard InChI is InChI=1S/C27H34N2O8/c1-35-21-11-15(14-31)10-18-22-19(26(33)28-7-8-30)12-20(23(32)25(22)37-24(18)21)29(13-17-6-3-9-36-17)27(34)16-4-2-5-16/h10-12,14,16-17,20,22-23,25,30,32H,2-9,13H2,1H3,(H,28,33). The number of methoxy groups -OCH3 is 1. The third-order valence-electron chi connectivity index (χ3n) is 7.93. The number of nitrogens with zero attached hydrogens (tertiary/aromatic N) is 1. The second kappa shape index (κ2) is 10.8. The lowest BCUT2D eigenvalue weighted by molar-refractivity contribution is -0.146. The minimum Gasteiger partial charge on any atom is -0.493 e. The quantitative estimate of drug-likeness (QED) is 0.415. The molecule has 5 atom stereocenters. The fourth-order valence-corrected chi connectivity index (χ4v) is 5.81. The predicted molar refractivity (Wildman–Crippen MR) is 132 cm³/mol. The molecule has 10 heteroatoms. The van der Waals surface area contributed by atoms with Crippen LogP contribution in [0.15, 0.2) is 23.8 Å². The van der Waals surface area contributed by atoms with Gasteiger partial charge in [-0.2, -0.15) is 0 Å². The van der Waals surface area contributed by atoms with Gasteiger partial charge in [-0.3, -0.25) is 14.4 Å². The Hall–Kier alpha value is -2.95. The van der Waals surface area contributed by atoms with E-state index in [0.29, 0.717) is 47.6 Å². The van der Waals surface area contributed by atoms with Crippen molar-refractivity contribution < 1.29 is 38.8 Å². The molecule has 2 heterocycles. The maximum Gasteiger partial charge on any atom is 0.247 e. The van der Waals surface area contributed by atoms with Crippen LogP contribution in [0.5, 0.6) is 11.5 Å². The van der Waals surface area contributed by atoms with Gasteiger partial charge >= 0.3 is 0 Å². The third kappa shape index (κ3) is 4.73. The van der Waals surface area contributed by atoms with Crippen LogP contribution in [0.1, 0.15) is 53.9 Å². The van der Waals surface area contributed by atoms with E-state index in [9.17, 15) is 24.6 Å². The Balaban J connectivity index is 1.57. The molecule has 200 valence electrons. The number of aliphatic hydroxyl groups excluding tert-OH is 2. The molecule has 37 heavy (non-hydrogen) atoms. The van der Waals surface area contributed by atoms with Crippen LogP contribution >= 0.6 is 0 Å². The fraction of sp³-hybridized carbons (Fsp3) is 0.593. The first-order valence-electron chi connectivity index (χ1n) is 13.0. The van der Waals surface area contributed by atoms with Crippen molar-refractivity contribution in [3.05, 3.63) is 34.9 Å². The SMILES string of the molecule is COc1cc(C=O)cc2c1OC1C2C(C(=O)NCCO)=CC(N(CC2CCCO2)C(=O)C2CCC2)C1O. The van der Waals surface area contributed by atoms with E-state index in [1.165, 1.54) is 7.11 Å². The van der Waals surface area contributed by atoms with Crippen LogP contribution in [-0.2, 0) is 14.3 Å². The normalized spacial score (nSPS) is 28.3. The van der Waals surface area contributed by atoms with E-state index in [2.05, 4.69) is 5.32 Å². The molecule has 1 saturated heterocycles. The molecule has 1 aromatic rings. The molecule has 10 nitrogen and oxygen atoms in total. The van der Waals surface area contributed by atoms with Gasteiger partial charge in [0, 0.05) is 42.3 Å². The number of nitrogens with one attached hydrogen (secondary N) is 1. The summed E-state index contributed by atoms with van der Waals surface area (Å²) in [5.74, 6) is -0.581. The molecule has 2 aliphatic heterocycles. The maximum absolute atomic E-state index is 13.6. The topological polar surface area (TPSA) is 135 Å². The van der Waals surface area contributed by atoms with E-state index in [1.807, 2.05) is 0 Å². The lowest BCUT2D eigenvalue weighted by atomic mass is 9.76. The lowest BCUT2D eigenvalue weighted by Gasteiger charge is -2.43. The number of hydrogen-bond donors (Lipinski definition) is 3. The number of carbonyl (C=O) groups excluding carboxylic acids is 3.